The zero-order valence-corrected chi connectivity index (χ0v) is 8.46. The van der Waals surface area contributed by atoms with E-state index in [0.717, 1.165) is 0 Å². The van der Waals surface area contributed by atoms with Crippen LogP contribution < -0.4 is 0 Å². The van der Waals surface area contributed by atoms with Crippen LogP contribution >= 0.6 is 0 Å². The van der Waals surface area contributed by atoms with E-state index in [9.17, 15) is 20.4 Å². The molecule has 0 saturated carbocycles. The second-order valence-corrected chi connectivity index (χ2v) is 3.70. The zero-order chi connectivity index (χ0) is 11.8. The van der Waals surface area contributed by atoms with Crippen molar-refractivity contribution in [3.8, 4) is 5.75 Å². The Morgan fingerprint density at radius 3 is 2.38 bits per heavy atom. The molecule has 2 rings (SSSR count). The molecular formula is C12H12O4. The van der Waals surface area contributed by atoms with Gasteiger partial charge in [0.2, 0.25) is 0 Å². The Balaban J connectivity index is 2.62. The summed E-state index contributed by atoms with van der Waals surface area (Å²) in [7, 11) is 0. The zero-order valence-electron chi connectivity index (χ0n) is 8.46. The lowest BCUT2D eigenvalue weighted by atomic mass is 9.90. The molecule has 0 unspecified atom stereocenters. The highest BCUT2D eigenvalue weighted by molar-refractivity contribution is 5.78. The number of aliphatic hydroxyl groups is 3. The third-order valence-electron chi connectivity index (χ3n) is 2.51. The highest BCUT2D eigenvalue weighted by Crippen LogP contribution is 2.37. The number of aliphatic hydroxyl groups excluding tert-OH is 1. The minimum Gasteiger partial charge on any atom is -0.507 e. The van der Waals surface area contributed by atoms with Crippen LogP contribution in [-0.2, 0) is 0 Å². The van der Waals surface area contributed by atoms with E-state index in [1.165, 1.54) is 24.3 Å². The van der Waals surface area contributed by atoms with Crippen LogP contribution in [0.4, 0.5) is 0 Å². The van der Waals surface area contributed by atoms with Crippen LogP contribution in [0.25, 0.3) is 5.57 Å². The van der Waals surface area contributed by atoms with Crippen LogP contribution in [-0.4, -0.2) is 26.2 Å². The molecular weight excluding hydrogens is 208 g/mol. The molecule has 1 aliphatic rings. The average molecular weight is 220 g/mol. The summed E-state index contributed by atoms with van der Waals surface area (Å²) in [4.78, 5) is 0. The first-order valence-corrected chi connectivity index (χ1v) is 4.86. The SMILES string of the molecule is OC1=C(c2ccccc2O)C(O)(O)CC=C1. The smallest absolute Gasteiger partial charge is 0.197 e. The Morgan fingerprint density at radius 2 is 1.75 bits per heavy atom. The van der Waals surface area contributed by atoms with Crippen molar-refractivity contribution in [3.05, 3.63) is 47.7 Å². The molecule has 0 atom stereocenters. The number of aromatic hydroxyl groups is 1. The van der Waals surface area contributed by atoms with Gasteiger partial charge in [0, 0.05) is 12.0 Å². The summed E-state index contributed by atoms with van der Waals surface area (Å²) >= 11 is 0. The lowest BCUT2D eigenvalue weighted by Crippen LogP contribution is -2.31. The van der Waals surface area contributed by atoms with E-state index in [4.69, 9.17) is 0 Å². The standard InChI is InChI=1S/C12H12O4/c13-9-5-2-1-4-8(9)11-10(14)6-3-7-12(11,15)16/h1-6,13-16H,7H2. The minimum atomic E-state index is -2.16. The van der Waals surface area contributed by atoms with Crippen LogP contribution in [0.3, 0.4) is 0 Å². The van der Waals surface area contributed by atoms with Crippen molar-refractivity contribution in [2.24, 2.45) is 0 Å². The quantitative estimate of drug-likeness (QED) is 0.538. The van der Waals surface area contributed by atoms with Crippen LogP contribution in [0.1, 0.15) is 12.0 Å². The third kappa shape index (κ3) is 1.68. The molecule has 0 bridgehead atoms. The molecule has 0 spiro atoms. The van der Waals surface area contributed by atoms with Gasteiger partial charge in [0.05, 0.1) is 5.57 Å². The van der Waals surface area contributed by atoms with E-state index in [1.807, 2.05) is 0 Å². The normalized spacial score (nSPS) is 18.9. The first kappa shape index (κ1) is 10.7. The van der Waals surface area contributed by atoms with E-state index >= 15 is 0 Å². The molecule has 0 fully saturated rings. The number of para-hydroxylation sites is 1. The van der Waals surface area contributed by atoms with Gasteiger partial charge in [-0.05, 0) is 12.1 Å². The van der Waals surface area contributed by atoms with E-state index in [2.05, 4.69) is 0 Å². The van der Waals surface area contributed by atoms with Crippen molar-refractivity contribution < 1.29 is 20.4 Å². The molecule has 0 amide bonds. The third-order valence-corrected chi connectivity index (χ3v) is 2.51. The monoisotopic (exact) mass is 220 g/mol. The van der Waals surface area contributed by atoms with Gasteiger partial charge in [-0.25, -0.2) is 0 Å². The first-order chi connectivity index (χ1) is 7.52. The van der Waals surface area contributed by atoms with Gasteiger partial charge in [-0.15, -0.1) is 0 Å². The number of rotatable bonds is 1. The van der Waals surface area contributed by atoms with Gasteiger partial charge < -0.3 is 20.4 Å². The van der Waals surface area contributed by atoms with Crippen molar-refractivity contribution in [3.63, 3.8) is 0 Å². The second-order valence-electron chi connectivity index (χ2n) is 3.70. The van der Waals surface area contributed by atoms with Crippen molar-refractivity contribution >= 4 is 5.57 Å². The molecule has 4 nitrogen and oxygen atoms in total. The number of hydrogen-bond donors (Lipinski definition) is 4. The minimum absolute atomic E-state index is 0.0271. The fourth-order valence-electron chi connectivity index (χ4n) is 1.76. The summed E-state index contributed by atoms with van der Waals surface area (Å²) < 4.78 is 0. The molecule has 1 aromatic rings. The number of hydrogen-bond acceptors (Lipinski definition) is 4. The molecule has 0 aliphatic heterocycles. The van der Waals surface area contributed by atoms with Gasteiger partial charge >= 0.3 is 0 Å². The van der Waals surface area contributed by atoms with E-state index < -0.39 is 5.79 Å². The number of benzene rings is 1. The van der Waals surface area contributed by atoms with E-state index in [0.29, 0.717) is 0 Å². The Kier molecular flexibility index (Phi) is 2.46. The van der Waals surface area contributed by atoms with Crippen LogP contribution in [0, 0.1) is 0 Å². The molecule has 4 heteroatoms. The summed E-state index contributed by atoms with van der Waals surface area (Å²) in [5, 5.41) is 38.8. The largest absolute Gasteiger partial charge is 0.507 e. The maximum atomic E-state index is 9.76. The molecule has 0 heterocycles. The highest BCUT2D eigenvalue weighted by Gasteiger charge is 2.34. The van der Waals surface area contributed by atoms with Gasteiger partial charge in [-0.2, -0.15) is 0 Å². The number of phenols is 1. The topological polar surface area (TPSA) is 80.9 Å². The Bertz CT molecular complexity index is 472. The maximum absolute atomic E-state index is 9.76. The lowest BCUT2D eigenvalue weighted by molar-refractivity contribution is -0.107. The predicted molar refractivity (Wildman–Crippen MR) is 58.6 cm³/mol. The Morgan fingerprint density at radius 1 is 1.06 bits per heavy atom. The summed E-state index contributed by atoms with van der Waals surface area (Å²) in [5.41, 5.74) is 0.141. The molecule has 16 heavy (non-hydrogen) atoms. The van der Waals surface area contributed by atoms with Crippen LogP contribution in [0.5, 0.6) is 5.75 Å². The summed E-state index contributed by atoms with van der Waals surface area (Å²) in [5.74, 6) is -2.51. The van der Waals surface area contributed by atoms with Gasteiger partial charge in [-0.3, -0.25) is 0 Å². The second kappa shape index (κ2) is 3.66. The lowest BCUT2D eigenvalue weighted by Gasteiger charge is -2.27. The molecule has 1 aliphatic carbocycles. The molecule has 0 saturated heterocycles. The van der Waals surface area contributed by atoms with Crippen LogP contribution in [0.2, 0.25) is 0 Å². The van der Waals surface area contributed by atoms with Gasteiger partial charge in [-0.1, -0.05) is 24.3 Å². The molecule has 0 radical (unpaired) electrons. The molecule has 4 N–H and O–H groups in total. The summed E-state index contributed by atoms with van der Waals surface area (Å²) in [6.45, 7) is 0. The molecule has 0 aromatic heterocycles. The number of allylic oxidation sites excluding steroid dienone is 1. The fraction of sp³-hybridized carbons (Fsp3) is 0.167. The Hall–Kier alpha value is -1.78. The van der Waals surface area contributed by atoms with E-state index in [1.54, 1.807) is 12.1 Å². The van der Waals surface area contributed by atoms with Crippen molar-refractivity contribution in [1.82, 2.24) is 0 Å². The molecule has 84 valence electrons. The average Bonchev–Trinajstić information content (AvgIpc) is 2.19. The van der Waals surface area contributed by atoms with E-state index in [-0.39, 0.29) is 29.1 Å². The van der Waals surface area contributed by atoms with Crippen molar-refractivity contribution in [1.29, 1.82) is 0 Å². The summed E-state index contributed by atoms with van der Waals surface area (Å²) in [6.07, 6.45) is 2.81. The summed E-state index contributed by atoms with van der Waals surface area (Å²) in [6, 6.07) is 6.19. The first-order valence-electron chi connectivity index (χ1n) is 4.86. The Labute approximate surface area is 92.4 Å². The van der Waals surface area contributed by atoms with Crippen molar-refractivity contribution in [2.45, 2.75) is 12.2 Å². The number of phenolic OH excluding ortho intramolecular Hbond substituents is 1. The van der Waals surface area contributed by atoms with Gasteiger partial charge in [0.15, 0.2) is 5.79 Å². The van der Waals surface area contributed by atoms with Gasteiger partial charge in [0.1, 0.15) is 11.5 Å². The highest BCUT2D eigenvalue weighted by atomic mass is 16.5. The van der Waals surface area contributed by atoms with Gasteiger partial charge in [0.25, 0.3) is 0 Å². The fourth-order valence-corrected chi connectivity index (χ4v) is 1.76. The molecule has 1 aromatic carbocycles. The van der Waals surface area contributed by atoms with Crippen LogP contribution in [0.15, 0.2) is 42.2 Å². The predicted octanol–water partition coefficient (Wildman–Crippen LogP) is 1.30. The maximum Gasteiger partial charge on any atom is 0.197 e. The van der Waals surface area contributed by atoms with Crippen molar-refractivity contribution in [2.75, 3.05) is 0 Å².